The van der Waals surface area contributed by atoms with Gasteiger partial charge >= 0.3 is 0 Å². The van der Waals surface area contributed by atoms with Crippen molar-refractivity contribution in [2.24, 2.45) is 4.99 Å². The lowest BCUT2D eigenvalue weighted by molar-refractivity contribution is 0.133. The zero-order chi connectivity index (χ0) is 19.5. The highest BCUT2D eigenvalue weighted by atomic mass is 16.5. The summed E-state index contributed by atoms with van der Waals surface area (Å²) in [6.07, 6.45) is 0.868. The summed E-state index contributed by atoms with van der Waals surface area (Å²) in [7, 11) is 3.50. The van der Waals surface area contributed by atoms with Crippen molar-refractivity contribution in [3.05, 3.63) is 64.7 Å². The van der Waals surface area contributed by atoms with E-state index in [1.807, 2.05) is 25.1 Å². The highest BCUT2D eigenvalue weighted by Gasteiger charge is 2.06. The summed E-state index contributed by atoms with van der Waals surface area (Å²) in [5.74, 6) is 1.71. The third-order valence-electron chi connectivity index (χ3n) is 4.37. The molecule has 146 valence electrons. The van der Waals surface area contributed by atoms with E-state index in [1.165, 1.54) is 22.3 Å². The summed E-state index contributed by atoms with van der Waals surface area (Å²) in [5.41, 5.74) is 4.85. The van der Waals surface area contributed by atoms with Crippen LogP contribution in [0.3, 0.4) is 0 Å². The Morgan fingerprint density at radius 1 is 1.04 bits per heavy atom. The third kappa shape index (κ3) is 6.61. The summed E-state index contributed by atoms with van der Waals surface area (Å²) >= 11 is 0. The summed E-state index contributed by atoms with van der Waals surface area (Å²) in [4.78, 5) is 4.32. The van der Waals surface area contributed by atoms with Crippen LogP contribution in [0, 0.1) is 6.92 Å². The number of benzene rings is 2. The highest BCUT2D eigenvalue weighted by Crippen LogP contribution is 2.19. The molecule has 0 aliphatic rings. The SMILES string of the molecule is CCOCc1ccccc1CNC(=NC)NCCc1cc(C)ccc1OC. The van der Waals surface area contributed by atoms with E-state index in [-0.39, 0.29) is 0 Å². The molecule has 0 heterocycles. The lowest BCUT2D eigenvalue weighted by atomic mass is 10.1. The molecule has 0 aliphatic heterocycles. The number of methoxy groups -OCH3 is 1. The second-order valence-electron chi connectivity index (χ2n) is 6.32. The van der Waals surface area contributed by atoms with Crippen LogP contribution >= 0.6 is 0 Å². The highest BCUT2D eigenvalue weighted by molar-refractivity contribution is 5.79. The zero-order valence-electron chi connectivity index (χ0n) is 16.8. The Morgan fingerprint density at radius 3 is 2.52 bits per heavy atom. The van der Waals surface area contributed by atoms with E-state index in [1.54, 1.807) is 14.2 Å². The number of aliphatic imine (C=N–C) groups is 1. The molecule has 0 saturated heterocycles. The van der Waals surface area contributed by atoms with Crippen LogP contribution in [0.15, 0.2) is 47.5 Å². The largest absolute Gasteiger partial charge is 0.496 e. The minimum atomic E-state index is 0.632. The fourth-order valence-corrected chi connectivity index (χ4v) is 2.90. The van der Waals surface area contributed by atoms with Crippen molar-refractivity contribution in [3.8, 4) is 5.75 Å². The lowest BCUT2D eigenvalue weighted by Gasteiger charge is -2.15. The van der Waals surface area contributed by atoms with Gasteiger partial charge in [-0.05, 0) is 43.0 Å². The van der Waals surface area contributed by atoms with Crippen LogP contribution in [0.2, 0.25) is 0 Å². The molecule has 0 saturated carbocycles. The number of aryl methyl sites for hydroxylation is 1. The summed E-state index contributed by atoms with van der Waals surface area (Å²) in [5, 5.41) is 6.75. The van der Waals surface area contributed by atoms with Crippen LogP contribution in [0.5, 0.6) is 5.75 Å². The fourth-order valence-electron chi connectivity index (χ4n) is 2.90. The monoisotopic (exact) mass is 369 g/mol. The van der Waals surface area contributed by atoms with Crippen LogP contribution in [0.1, 0.15) is 29.2 Å². The molecule has 0 unspecified atom stereocenters. The molecule has 0 aliphatic carbocycles. The number of nitrogens with one attached hydrogen (secondary N) is 2. The molecular formula is C22H31N3O2. The molecule has 0 bridgehead atoms. The van der Waals surface area contributed by atoms with Crippen molar-refractivity contribution in [2.75, 3.05) is 27.3 Å². The van der Waals surface area contributed by atoms with Crippen molar-refractivity contribution in [2.45, 2.75) is 33.4 Å². The second-order valence-corrected chi connectivity index (χ2v) is 6.32. The molecule has 5 heteroatoms. The van der Waals surface area contributed by atoms with E-state index in [4.69, 9.17) is 9.47 Å². The van der Waals surface area contributed by atoms with Gasteiger partial charge in [-0.2, -0.15) is 0 Å². The van der Waals surface area contributed by atoms with Gasteiger partial charge in [0.2, 0.25) is 0 Å². The van der Waals surface area contributed by atoms with Gasteiger partial charge in [0.25, 0.3) is 0 Å². The first-order valence-corrected chi connectivity index (χ1v) is 9.40. The van der Waals surface area contributed by atoms with Crippen LogP contribution in [-0.4, -0.2) is 33.3 Å². The first-order valence-electron chi connectivity index (χ1n) is 9.40. The van der Waals surface area contributed by atoms with Crippen molar-refractivity contribution < 1.29 is 9.47 Å². The minimum absolute atomic E-state index is 0.632. The molecule has 0 amide bonds. The average molecular weight is 370 g/mol. The quantitative estimate of drug-likeness (QED) is 0.525. The van der Waals surface area contributed by atoms with Crippen molar-refractivity contribution >= 4 is 5.96 Å². The Kier molecular flexibility index (Phi) is 8.65. The van der Waals surface area contributed by atoms with Crippen LogP contribution in [0.25, 0.3) is 0 Å². The topological polar surface area (TPSA) is 54.9 Å². The minimum Gasteiger partial charge on any atom is -0.496 e. The molecule has 2 aromatic carbocycles. The number of rotatable bonds is 9. The van der Waals surface area contributed by atoms with E-state index in [9.17, 15) is 0 Å². The Balaban J connectivity index is 1.87. The molecule has 2 aromatic rings. The Hall–Kier alpha value is -2.53. The maximum Gasteiger partial charge on any atom is 0.191 e. The summed E-state index contributed by atoms with van der Waals surface area (Å²) in [6.45, 7) is 6.93. The zero-order valence-corrected chi connectivity index (χ0v) is 16.8. The molecule has 0 atom stereocenters. The first-order chi connectivity index (χ1) is 13.2. The molecular weight excluding hydrogens is 338 g/mol. The number of guanidine groups is 1. The Morgan fingerprint density at radius 2 is 1.81 bits per heavy atom. The molecule has 0 aromatic heterocycles. The van der Waals surface area contributed by atoms with Gasteiger partial charge in [0.05, 0.1) is 13.7 Å². The molecule has 0 spiro atoms. The maximum absolute atomic E-state index is 5.55. The third-order valence-corrected chi connectivity index (χ3v) is 4.37. The number of nitrogens with zero attached hydrogens (tertiary/aromatic N) is 1. The van der Waals surface area contributed by atoms with Gasteiger partial charge in [-0.15, -0.1) is 0 Å². The molecule has 0 fully saturated rings. The number of ether oxygens (including phenoxy) is 2. The second kappa shape index (κ2) is 11.2. The number of hydrogen-bond acceptors (Lipinski definition) is 3. The molecule has 27 heavy (non-hydrogen) atoms. The smallest absolute Gasteiger partial charge is 0.191 e. The van der Waals surface area contributed by atoms with Crippen LogP contribution in [-0.2, 0) is 24.3 Å². The van der Waals surface area contributed by atoms with E-state index >= 15 is 0 Å². The van der Waals surface area contributed by atoms with E-state index in [0.717, 1.165) is 24.7 Å². The van der Waals surface area contributed by atoms with E-state index in [0.29, 0.717) is 19.8 Å². The molecule has 2 N–H and O–H groups in total. The van der Waals surface area contributed by atoms with Crippen LogP contribution < -0.4 is 15.4 Å². The normalized spacial score (nSPS) is 11.3. The van der Waals surface area contributed by atoms with Gasteiger partial charge in [0, 0.05) is 26.7 Å². The lowest BCUT2D eigenvalue weighted by Crippen LogP contribution is -2.38. The fraction of sp³-hybridized carbons (Fsp3) is 0.409. The molecule has 0 radical (unpaired) electrons. The predicted octanol–water partition coefficient (Wildman–Crippen LogP) is 3.45. The Bertz CT molecular complexity index is 744. The average Bonchev–Trinajstić information content (AvgIpc) is 2.69. The van der Waals surface area contributed by atoms with Crippen molar-refractivity contribution in [1.82, 2.24) is 10.6 Å². The maximum atomic E-state index is 5.55. The molecule has 2 rings (SSSR count). The molecule has 5 nitrogen and oxygen atoms in total. The number of hydrogen-bond donors (Lipinski definition) is 2. The first kappa shape index (κ1) is 20.8. The van der Waals surface area contributed by atoms with Gasteiger partial charge in [0.15, 0.2) is 5.96 Å². The van der Waals surface area contributed by atoms with Crippen molar-refractivity contribution in [3.63, 3.8) is 0 Å². The standard InChI is InChI=1S/C22H31N3O2/c1-5-27-16-20-9-7-6-8-19(20)15-25-22(23-3)24-13-12-18-14-17(2)10-11-21(18)26-4/h6-11,14H,5,12-13,15-16H2,1-4H3,(H2,23,24,25). The Labute approximate surface area is 162 Å². The van der Waals surface area contributed by atoms with Crippen molar-refractivity contribution in [1.29, 1.82) is 0 Å². The van der Waals surface area contributed by atoms with E-state index in [2.05, 4.69) is 46.8 Å². The predicted molar refractivity (Wildman–Crippen MR) is 111 cm³/mol. The summed E-state index contributed by atoms with van der Waals surface area (Å²) < 4.78 is 11.0. The summed E-state index contributed by atoms with van der Waals surface area (Å²) in [6, 6.07) is 14.6. The van der Waals surface area contributed by atoms with Gasteiger partial charge in [-0.25, -0.2) is 0 Å². The van der Waals surface area contributed by atoms with Crippen LogP contribution in [0.4, 0.5) is 0 Å². The van der Waals surface area contributed by atoms with Gasteiger partial charge < -0.3 is 20.1 Å². The van der Waals surface area contributed by atoms with Gasteiger partial charge in [0.1, 0.15) is 5.75 Å². The van der Waals surface area contributed by atoms with E-state index < -0.39 is 0 Å². The van der Waals surface area contributed by atoms with Gasteiger partial charge in [-0.3, -0.25) is 4.99 Å². The van der Waals surface area contributed by atoms with Gasteiger partial charge in [-0.1, -0.05) is 42.0 Å².